The van der Waals surface area contributed by atoms with Crippen LogP contribution in [0.1, 0.15) is 22.8 Å². The summed E-state index contributed by atoms with van der Waals surface area (Å²) in [6.07, 6.45) is 0.898. The molecule has 0 saturated carbocycles. The first kappa shape index (κ1) is 15.5. The summed E-state index contributed by atoms with van der Waals surface area (Å²) in [5, 5.41) is 13.7. The highest BCUT2D eigenvalue weighted by Gasteiger charge is 2.21. The van der Waals surface area contributed by atoms with Gasteiger partial charge in [-0.2, -0.15) is 0 Å². The van der Waals surface area contributed by atoms with Crippen molar-refractivity contribution in [1.29, 1.82) is 0 Å². The van der Waals surface area contributed by atoms with Crippen molar-refractivity contribution in [1.82, 2.24) is 0 Å². The Kier molecular flexibility index (Phi) is 4.73. The van der Waals surface area contributed by atoms with Gasteiger partial charge in [0.25, 0.3) is 11.6 Å². The number of carbonyl (C=O) groups is 1. The van der Waals surface area contributed by atoms with Crippen LogP contribution in [0.3, 0.4) is 0 Å². The van der Waals surface area contributed by atoms with Gasteiger partial charge in [0, 0.05) is 11.8 Å². The lowest BCUT2D eigenvalue weighted by Crippen LogP contribution is -2.14. The fourth-order valence-corrected chi connectivity index (χ4v) is 2.01. The molecule has 0 aliphatic rings. The number of aryl methyl sites for hydroxylation is 1. The minimum absolute atomic E-state index is 0.0380. The maximum atomic E-state index is 12.3. The topological polar surface area (TPSA) is 81.5 Å². The van der Waals surface area contributed by atoms with E-state index in [-0.39, 0.29) is 11.3 Å². The molecule has 1 N–H and O–H groups in total. The van der Waals surface area contributed by atoms with Crippen LogP contribution >= 0.6 is 0 Å². The second kappa shape index (κ2) is 6.71. The van der Waals surface area contributed by atoms with Gasteiger partial charge < -0.3 is 10.1 Å². The molecular formula is C16H16N2O4. The summed E-state index contributed by atoms with van der Waals surface area (Å²) >= 11 is 0. The van der Waals surface area contributed by atoms with Crippen molar-refractivity contribution in [3.05, 3.63) is 63.7 Å². The number of hydrogen-bond acceptors (Lipinski definition) is 4. The van der Waals surface area contributed by atoms with E-state index in [1.54, 1.807) is 12.1 Å². The van der Waals surface area contributed by atoms with E-state index in [1.807, 2.05) is 19.1 Å². The number of methoxy groups -OCH3 is 1. The number of hydrogen-bond donors (Lipinski definition) is 1. The molecule has 0 spiro atoms. The van der Waals surface area contributed by atoms with Crippen molar-refractivity contribution < 1.29 is 14.5 Å². The number of ether oxygens (including phenoxy) is 1. The summed E-state index contributed by atoms with van der Waals surface area (Å²) in [6, 6.07) is 11.4. The van der Waals surface area contributed by atoms with Crippen molar-refractivity contribution >= 4 is 17.3 Å². The van der Waals surface area contributed by atoms with E-state index in [2.05, 4.69) is 5.32 Å². The normalized spacial score (nSPS) is 10.1. The van der Waals surface area contributed by atoms with Crippen LogP contribution in [0, 0.1) is 10.1 Å². The molecule has 0 aliphatic carbocycles. The zero-order valence-corrected chi connectivity index (χ0v) is 12.3. The molecule has 0 aromatic heterocycles. The van der Waals surface area contributed by atoms with Crippen LogP contribution in [0.25, 0.3) is 0 Å². The third-order valence-corrected chi connectivity index (χ3v) is 3.27. The Morgan fingerprint density at radius 3 is 2.45 bits per heavy atom. The Morgan fingerprint density at radius 1 is 1.23 bits per heavy atom. The lowest BCUT2D eigenvalue weighted by atomic mass is 10.1. The number of nitrogens with zero attached hydrogens (tertiary/aromatic N) is 1. The van der Waals surface area contributed by atoms with Crippen LogP contribution in [0.15, 0.2) is 42.5 Å². The number of amides is 1. The van der Waals surface area contributed by atoms with Gasteiger partial charge in [-0.15, -0.1) is 0 Å². The number of carbonyl (C=O) groups excluding carboxylic acids is 1. The summed E-state index contributed by atoms with van der Waals surface area (Å²) in [5.41, 5.74) is 1.43. The maximum absolute atomic E-state index is 12.3. The van der Waals surface area contributed by atoms with E-state index in [0.717, 1.165) is 12.0 Å². The molecule has 0 fully saturated rings. The molecule has 6 nitrogen and oxygen atoms in total. The van der Waals surface area contributed by atoms with Gasteiger partial charge in [-0.05, 0) is 36.2 Å². The second-order valence-corrected chi connectivity index (χ2v) is 4.64. The van der Waals surface area contributed by atoms with Crippen LogP contribution in [-0.2, 0) is 6.42 Å². The summed E-state index contributed by atoms with van der Waals surface area (Å²) < 4.78 is 5.02. The largest absolute Gasteiger partial charge is 0.497 e. The molecule has 0 atom stereocenters. The summed E-state index contributed by atoms with van der Waals surface area (Å²) in [4.78, 5) is 22.7. The maximum Gasteiger partial charge on any atom is 0.282 e. The molecule has 0 bridgehead atoms. The molecule has 0 unspecified atom stereocenters. The van der Waals surface area contributed by atoms with Gasteiger partial charge in [-0.1, -0.05) is 19.1 Å². The smallest absolute Gasteiger partial charge is 0.282 e. The number of nitro groups is 1. The van der Waals surface area contributed by atoms with E-state index in [1.165, 1.54) is 25.3 Å². The molecule has 0 heterocycles. The molecule has 6 heteroatoms. The van der Waals surface area contributed by atoms with Crippen LogP contribution in [-0.4, -0.2) is 17.9 Å². The van der Waals surface area contributed by atoms with Crippen LogP contribution < -0.4 is 10.1 Å². The first-order valence-electron chi connectivity index (χ1n) is 6.78. The standard InChI is InChI=1S/C16H16N2O4/c1-3-11-4-6-12(7-5-11)17-16(19)14-10-13(22-2)8-9-15(14)18(20)21/h4-10H,3H2,1-2H3,(H,17,19). The van der Waals surface area contributed by atoms with Gasteiger partial charge in [0.05, 0.1) is 12.0 Å². The molecule has 2 rings (SSSR count). The fourth-order valence-electron chi connectivity index (χ4n) is 2.01. The lowest BCUT2D eigenvalue weighted by molar-refractivity contribution is -0.385. The van der Waals surface area contributed by atoms with Crippen molar-refractivity contribution in [3.8, 4) is 5.75 Å². The van der Waals surface area contributed by atoms with Crippen molar-refractivity contribution in [2.75, 3.05) is 12.4 Å². The molecule has 2 aromatic rings. The minimum atomic E-state index is -0.589. The Hall–Kier alpha value is -2.89. The van der Waals surface area contributed by atoms with Gasteiger partial charge >= 0.3 is 0 Å². The average Bonchev–Trinajstić information content (AvgIpc) is 2.54. The van der Waals surface area contributed by atoms with Gasteiger partial charge in [0.1, 0.15) is 11.3 Å². The predicted molar refractivity (Wildman–Crippen MR) is 83.4 cm³/mol. The van der Waals surface area contributed by atoms with E-state index in [9.17, 15) is 14.9 Å². The highest BCUT2D eigenvalue weighted by Crippen LogP contribution is 2.25. The molecule has 0 aliphatic heterocycles. The van der Waals surface area contributed by atoms with Crippen molar-refractivity contribution in [2.45, 2.75) is 13.3 Å². The Bertz CT molecular complexity index is 696. The van der Waals surface area contributed by atoms with E-state index in [4.69, 9.17) is 4.74 Å². The molecule has 2 aromatic carbocycles. The number of anilines is 1. The molecule has 114 valence electrons. The van der Waals surface area contributed by atoms with Crippen molar-refractivity contribution in [3.63, 3.8) is 0 Å². The number of rotatable bonds is 5. The third-order valence-electron chi connectivity index (χ3n) is 3.27. The van der Waals surface area contributed by atoms with Crippen molar-refractivity contribution in [2.24, 2.45) is 0 Å². The van der Waals surface area contributed by atoms with E-state index in [0.29, 0.717) is 11.4 Å². The van der Waals surface area contributed by atoms with E-state index >= 15 is 0 Å². The third kappa shape index (κ3) is 3.41. The Labute approximate surface area is 127 Å². The average molecular weight is 300 g/mol. The van der Waals surface area contributed by atoms with Crippen LogP contribution in [0.5, 0.6) is 5.75 Å². The highest BCUT2D eigenvalue weighted by molar-refractivity contribution is 6.07. The molecule has 1 amide bonds. The molecule has 22 heavy (non-hydrogen) atoms. The van der Waals surface area contributed by atoms with Gasteiger partial charge in [-0.3, -0.25) is 14.9 Å². The monoisotopic (exact) mass is 300 g/mol. The molecule has 0 saturated heterocycles. The van der Waals surface area contributed by atoms with Crippen LogP contribution in [0.2, 0.25) is 0 Å². The second-order valence-electron chi connectivity index (χ2n) is 4.64. The fraction of sp³-hybridized carbons (Fsp3) is 0.188. The number of benzene rings is 2. The highest BCUT2D eigenvalue weighted by atomic mass is 16.6. The number of nitro benzene ring substituents is 1. The predicted octanol–water partition coefficient (Wildman–Crippen LogP) is 3.42. The lowest BCUT2D eigenvalue weighted by Gasteiger charge is -2.08. The summed E-state index contributed by atoms with van der Waals surface area (Å²) in [7, 11) is 1.44. The number of nitrogens with one attached hydrogen (secondary N) is 1. The first-order valence-corrected chi connectivity index (χ1v) is 6.78. The quantitative estimate of drug-likeness (QED) is 0.677. The summed E-state index contributed by atoms with van der Waals surface area (Å²) in [6.45, 7) is 2.03. The van der Waals surface area contributed by atoms with E-state index < -0.39 is 10.8 Å². The van der Waals surface area contributed by atoms with Gasteiger partial charge in [0.2, 0.25) is 0 Å². The van der Waals surface area contributed by atoms with Gasteiger partial charge in [0.15, 0.2) is 0 Å². The molecule has 0 radical (unpaired) electrons. The Balaban J connectivity index is 2.29. The van der Waals surface area contributed by atoms with Gasteiger partial charge in [-0.25, -0.2) is 0 Å². The molecular weight excluding hydrogens is 284 g/mol. The zero-order chi connectivity index (χ0) is 16.1. The minimum Gasteiger partial charge on any atom is -0.497 e. The summed E-state index contributed by atoms with van der Waals surface area (Å²) in [5.74, 6) is -0.160. The Morgan fingerprint density at radius 2 is 1.91 bits per heavy atom. The SMILES string of the molecule is CCc1ccc(NC(=O)c2cc(OC)ccc2[N+](=O)[O-])cc1. The zero-order valence-electron chi connectivity index (χ0n) is 12.3. The van der Waals surface area contributed by atoms with Crippen LogP contribution in [0.4, 0.5) is 11.4 Å². The first-order chi connectivity index (χ1) is 10.5.